The van der Waals surface area contributed by atoms with Gasteiger partial charge in [-0.1, -0.05) is 13.0 Å². The van der Waals surface area contributed by atoms with Gasteiger partial charge in [-0.05, 0) is 31.9 Å². The fourth-order valence-corrected chi connectivity index (χ4v) is 3.77. The first-order valence-corrected chi connectivity index (χ1v) is 9.69. The summed E-state index contributed by atoms with van der Waals surface area (Å²) in [6.45, 7) is 8.98. The van der Waals surface area contributed by atoms with Crippen LogP contribution in [0.2, 0.25) is 0 Å². The van der Waals surface area contributed by atoms with Gasteiger partial charge in [0.2, 0.25) is 0 Å². The number of aromatic nitrogens is 2. The van der Waals surface area contributed by atoms with Gasteiger partial charge in [0, 0.05) is 30.7 Å². The second-order valence-electron chi connectivity index (χ2n) is 6.34. The molecule has 3 heterocycles. The van der Waals surface area contributed by atoms with Crippen LogP contribution in [0.1, 0.15) is 30.0 Å². The summed E-state index contributed by atoms with van der Waals surface area (Å²) in [5.41, 5.74) is 1.98. The first-order chi connectivity index (χ1) is 12.5. The number of urea groups is 1. The van der Waals surface area contributed by atoms with Crippen molar-refractivity contribution in [3.05, 3.63) is 34.5 Å². The second-order valence-corrected chi connectivity index (χ2v) is 7.54. The van der Waals surface area contributed by atoms with E-state index in [1.807, 2.05) is 19.1 Å². The minimum absolute atomic E-state index is 0.221. The zero-order chi connectivity index (χ0) is 18.5. The van der Waals surface area contributed by atoms with Crippen LogP contribution in [0.4, 0.5) is 15.7 Å². The fourth-order valence-electron chi connectivity index (χ4n) is 2.87. The number of hydrogen-bond acceptors (Lipinski definition) is 6. The number of hydrogen-bond donors (Lipinski definition) is 2. The highest BCUT2D eigenvalue weighted by molar-refractivity contribution is 7.15. The van der Waals surface area contributed by atoms with Crippen LogP contribution in [0.25, 0.3) is 0 Å². The Balaban J connectivity index is 1.50. The molecule has 2 aromatic heterocycles. The predicted molar refractivity (Wildman–Crippen MR) is 104 cm³/mol. The maximum Gasteiger partial charge on any atom is 0.321 e. The third-order valence-electron chi connectivity index (χ3n) is 4.28. The van der Waals surface area contributed by atoms with Gasteiger partial charge in [0.05, 0.1) is 18.4 Å². The number of rotatable bonds is 5. The van der Waals surface area contributed by atoms with Gasteiger partial charge in [0.25, 0.3) is 0 Å². The largest absolute Gasteiger partial charge is 0.375 e. The van der Waals surface area contributed by atoms with E-state index in [1.54, 1.807) is 6.20 Å². The third kappa shape index (κ3) is 4.70. The molecule has 0 radical (unpaired) electrons. The molecule has 7 nitrogen and oxygen atoms in total. The molecule has 1 fully saturated rings. The smallest absolute Gasteiger partial charge is 0.321 e. The molecular weight excluding hydrogens is 350 g/mol. The van der Waals surface area contributed by atoms with E-state index in [4.69, 9.17) is 4.74 Å². The predicted octanol–water partition coefficient (Wildman–Crippen LogP) is 2.96. The normalized spacial score (nSPS) is 17.2. The Labute approximate surface area is 157 Å². The van der Waals surface area contributed by atoms with Crippen molar-refractivity contribution in [3.8, 4) is 0 Å². The number of nitrogens with zero attached hydrogens (tertiary/aromatic N) is 3. The first-order valence-electron chi connectivity index (χ1n) is 8.87. The summed E-state index contributed by atoms with van der Waals surface area (Å²) in [6, 6.07) is 3.73. The molecule has 140 valence electrons. The van der Waals surface area contributed by atoms with E-state index >= 15 is 0 Å². The molecule has 1 unspecified atom stereocenters. The average molecular weight is 375 g/mol. The molecule has 8 heteroatoms. The molecule has 2 aromatic rings. The molecule has 2 amide bonds. The van der Waals surface area contributed by atoms with E-state index in [0.717, 1.165) is 48.1 Å². The van der Waals surface area contributed by atoms with Crippen LogP contribution in [0, 0.1) is 6.92 Å². The van der Waals surface area contributed by atoms with Crippen molar-refractivity contribution in [1.82, 2.24) is 15.3 Å². The van der Waals surface area contributed by atoms with Crippen LogP contribution in [0.5, 0.6) is 0 Å². The maximum atomic E-state index is 12.0. The van der Waals surface area contributed by atoms with E-state index in [2.05, 4.69) is 39.3 Å². The molecular formula is C18H25N5O2S. The Hall–Kier alpha value is -2.19. The lowest BCUT2D eigenvalue weighted by atomic mass is 10.2. The number of pyridine rings is 1. The van der Waals surface area contributed by atoms with Gasteiger partial charge in [0.15, 0.2) is 5.13 Å². The SMILES string of the molecule is CCc1nc(NC(=O)NCc2ccc(N3CCOC(C)C3)nc2)sc1C. The molecule has 0 spiro atoms. The van der Waals surface area contributed by atoms with Gasteiger partial charge in [0.1, 0.15) is 5.82 Å². The summed E-state index contributed by atoms with van der Waals surface area (Å²) in [5.74, 6) is 0.943. The molecule has 1 aliphatic rings. The molecule has 1 saturated heterocycles. The Morgan fingerprint density at radius 3 is 2.96 bits per heavy atom. The van der Waals surface area contributed by atoms with Crippen LogP contribution in [-0.4, -0.2) is 41.8 Å². The summed E-state index contributed by atoms with van der Waals surface area (Å²) in [5, 5.41) is 6.26. The van der Waals surface area contributed by atoms with Gasteiger partial charge >= 0.3 is 6.03 Å². The molecule has 1 aliphatic heterocycles. The molecule has 0 aliphatic carbocycles. The fraction of sp³-hybridized carbons (Fsp3) is 0.500. The van der Waals surface area contributed by atoms with Crippen LogP contribution in [0.15, 0.2) is 18.3 Å². The molecule has 0 bridgehead atoms. The summed E-state index contributed by atoms with van der Waals surface area (Å²) in [6.07, 6.45) is 2.89. The molecule has 0 saturated carbocycles. The van der Waals surface area contributed by atoms with Gasteiger partial charge in [-0.2, -0.15) is 0 Å². The second kappa shape index (κ2) is 8.46. The van der Waals surface area contributed by atoms with E-state index in [0.29, 0.717) is 11.7 Å². The van der Waals surface area contributed by atoms with Crippen molar-refractivity contribution in [3.63, 3.8) is 0 Å². The number of ether oxygens (including phenoxy) is 1. The number of anilines is 2. The van der Waals surface area contributed by atoms with Crippen molar-refractivity contribution < 1.29 is 9.53 Å². The molecule has 3 rings (SSSR count). The number of carbonyl (C=O) groups is 1. The summed E-state index contributed by atoms with van der Waals surface area (Å²) in [4.78, 5) is 24.3. The number of aryl methyl sites for hydroxylation is 2. The van der Waals surface area contributed by atoms with Crippen LogP contribution in [0.3, 0.4) is 0 Å². The minimum Gasteiger partial charge on any atom is -0.375 e. The first kappa shape index (κ1) is 18.6. The number of thiazole rings is 1. The lowest BCUT2D eigenvalue weighted by molar-refractivity contribution is 0.0529. The summed E-state index contributed by atoms with van der Waals surface area (Å²) >= 11 is 1.50. The zero-order valence-corrected chi connectivity index (χ0v) is 16.2. The van der Waals surface area contributed by atoms with E-state index in [-0.39, 0.29) is 12.1 Å². The molecule has 26 heavy (non-hydrogen) atoms. The highest BCUT2D eigenvalue weighted by Crippen LogP contribution is 2.22. The number of morpholine rings is 1. The quantitative estimate of drug-likeness (QED) is 0.840. The van der Waals surface area contributed by atoms with E-state index in [1.165, 1.54) is 11.3 Å². The monoisotopic (exact) mass is 375 g/mol. The van der Waals surface area contributed by atoms with E-state index < -0.39 is 0 Å². The summed E-state index contributed by atoms with van der Waals surface area (Å²) < 4.78 is 5.55. The Morgan fingerprint density at radius 2 is 2.31 bits per heavy atom. The van der Waals surface area contributed by atoms with Gasteiger partial charge in [-0.3, -0.25) is 5.32 Å². The van der Waals surface area contributed by atoms with Crippen molar-refractivity contribution in [2.45, 2.75) is 39.8 Å². The lowest BCUT2D eigenvalue weighted by Gasteiger charge is -2.32. The Bertz CT molecular complexity index is 747. The topological polar surface area (TPSA) is 79.4 Å². The van der Waals surface area contributed by atoms with Gasteiger partial charge < -0.3 is 15.0 Å². The standard InChI is InChI=1S/C18H25N5O2S/c1-4-15-13(3)26-18(21-15)22-17(24)20-10-14-5-6-16(19-9-14)23-7-8-25-12(2)11-23/h5-6,9,12H,4,7-8,10-11H2,1-3H3,(H2,20,21,22,24). The van der Waals surface area contributed by atoms with E-state index in [9.17, 15) is 4.79 Å². The lowest BCUT2D eigenvalue weighted by Crippen LogP contribution is -2.41. The highest BCUT2D eigenvalue weighted by Gasteiger charge is 2.17. The van der Waals surface area contributed by atoms with Crippen molar-refractivity contribution in [2.24, 2.45) is 0 Å². The Kier molecular flexibility index (Phi) is 6.05. The minimum atomic E-state index is -0.257. The summed E-state index contributed by atoms with van der Waals surface area (Å²) in [7, 11) is 0. The number of amides is 2. The van der Waals surface area contributed by atoms with Crippen molar-refractivity contribution in [1.29, 1.82) is 0 Å². The molecule has 0 aromatic carbocycles. The zero-order valence-electron chi connectivity index (χ0n) is 15.4. The van der Waals surface area contributed by atoms with Crippen LogP contribution in [-0.2, 0) is 17.7 Å². The van der Waals surface area contributed by atoms with Crippen molar-refractivity contribution >= 4 is 28.3 Å². The average Bonchev–Trinajstić information content (AvgIpc) is 2.99. The maximum absolute atomic E-state index is 12.0. The van der Waals surface area contributed by atoms with Gasteiger partial charge in [-0.25, -0.2) is 14.8 Å². The molecule has 2 N–H and O–H groups in total. The van der Waals surface area contributed by atoms with Crippen LogP contribution < -0.4 is 15.5 Å². The van der Waals surface area contributed by atoms with Crippen LogP contribution >= 0.6 is 11.3 Å². The van der Waals surface area contributed by atoms with Gasteiger partial charge in [-0.15, -0.1) is 11.3 Å². The number of carbonyl (C=O) groups excluding carboxylic acids is 1. The number of nitrogens with one attached hydrogen (secondary N) is 2. The molecule has 1 atom stereocenters. The van der Waals surface area contributed by atoms with Crippen molar-refractivity contribution in [2.75, 3.05) is 29.9 Å². The Morgan fingerprint density at radius 1 is 1.46 bits per heavy atom. The highest BCUT2D eigenvalue weighted by atomic mass is 32.1. The third-order valence-corrected chi connectivity index (χ3v) is 5.20.